The van der Waals surface area contributed by atoms with Gasteiger partial charge in [-0.2, -0.15) is 5.10 Å². The summed E-state index contributed by atoms with van der Waals surface area (Å²) >= 11 is 0. The SMILES string of the molecule is Cc1ccc(C2CC(c3cn(C)c4ccccc34)=NN2C(=O)c2ccccc2)cc1. The zero-order valence-corrected chi connectivity index (χ0v) is 17.1. The third-order valence-corrected chi connectivity index (χ3v) is 5.81. The minimum Gasteiger partial charge on any atom is -0.350 e. The van der Waals surface area contributed by atoms with Crippen LogP contribution in [-0.2, 0) is 7.05 Å². The summed E-state index contributed by atoms with van der Waals surface area (Å²) in [4.78, 5) is 13.4. The van der Waals surface area contributed by atoms with Crippen LogP contribution in [0.1, 0.15) is 39.5 Å². The number of carbonyl (C=O) groups excluding carboxylic acids is 1. The van der Waals surface area contributed by atoms with Crippen LogP contribution < -0.4 is 0 Å². The van der Waals surface area contributed by atoms with Gasteiger partial charge in [0.25, 0.3) is 5.91 Å². The predicted octanol–water partition coefficient (Wildman–Crippen LogP) is 5.48. The second-order valence-electron chi connectivity index (χ2n) is 7.86. The second kappa shape index (κ2) is 7.30. The molecular weight excluding hydrogens is 370 g/mol. The molecule has 0 bridgehead atoms. The molecule has 3 aromatic carbocycles. The van der Waals surface area contributed by atoms with Crippen molar-refractivity contribution in [3.05, 3.63) is 107 Å². The molecule has 148 valence electrons. The Hall–Kier alpha value is -3.66. The first kappa shape index (κ1) is 18.4. The van der Waals surface area contributed by atoms with E-state index < -0.39 is 0 Å². The van der Waals surface area contributed by atoms with Gasteiger partial charge in [0.15, 0.2) is 0 Å². The van der Waals surface area contributed by atoms with E-state index in [4.69, 9.17) is 5.10 Å². The van der Waals surface area contributed by atoms with Gasteiger partial charge in [0.2, 0.25) is 0 Å². The van der Waals surface area contributed by atoms with Gasteiger partial charge in [0, 0.05) is 41.7 Å². The molecule has 4 heteroatoms. The number of para-hydroxylation sites is 1. The van der Waals surface area contributed by atoms with Crippen LogP contribution in [0.15, 0.2) is 90.2 Å². The first-order chi connectivity index (χ1) is 14.6. The highest BCUT2D eigenvalue weighted by Crippen LogP contribution is 2.36. The molecule has 0 radical (unpaired) electrons. The van der Waals surface area contributed by atoms with E-state index in [1.807, 2.05) is 49.5 Å². The van der Waals surface area contributed by atoms with Gasteiger partial charge in [0.05, 0.1) is 11.8 Å². The molecule has 5 rings (SSSR count). The number of benzene rings is 3. The van der Waals surface area contributed by atoms with Crippen LogP contribution in [0.5, 0.6) is 0 Å². The lowest BCUT2D eigenvalue weighted by Crippen LogP contribution is -2.27. The summed E-state index contributed by atoms with van der Waals surface area (Å²) in [6, 6.07) is 26.0. The minimum atomic E-state index is -0.118. The maximum absolute atomic E-state index is 13.4. The van der Waals surface area contributed by atoms with Crippen molar-refractivity contribution in [1.82, 2.24) is 9.58 Å². The second-order valence-corrected chi connectivity index (χ2v) is 7.86. The first-order valence-corrected chi connectivity index (χ1v) is 10.2. The number of rotatable bonds is 3. The smallest absolute Gasteiger partial charge is 0.274 e. The van der Waals surface area contributed by atoms with Gasteiger partial charge in [0.1, 0.15) is 0 Å². The Bertz CT molecular complexity index is 1250. The maximum Gasteiger partial charge on any atom is 0.274 e. The molecule has 1 aliphatic rings. The number of aromatic nitrogens is 1. The van der Waals surface area contributed by atoms with E-state index in [2.05, 4.69) is 54.1 Å². The third-order valence-electron chi connectivity index (χ3n) is 5.81. The van der Waals surface area contributed by atoms with E-state index in [1.54, 1.807) is 5.01 Å². The Morgan fingerprint density at radius 1 is 0.933 bits per heavy atom. The van der Waals surface area contributed by atoms with Crippen molar-refractivity contribution >= 4 is 22.5 Å². The highest BCUT2D eigenvalue weighted by atomic mass is 16.2. The van der Waals surface area contributed by atoms with E-state index in [-0.39, 0.29) is 11.9 Å². The van der Waals surface area contributed by atoms with E-state index in [1.165, 1.54) is 5.56 Å². The number of amides is 1. The number of hydrogen-bond acceptors (Lipinski definition) is 2. The van der Waals surface area contributed by atoms with Crippen molar-refractivity contribution in [1.29, 1.82) is 0 Å². The topological polar surface area (TPSA) is 37.6 Å². The number of aryl methyl sites for hydroxylation is 2. The molecule has 0 saturated heterocycles. The number of hydrazone groups is 1. The highest BCUT2D eigenvalue weighted by Gasteiger charge is 2.34. The summed E-state index contributed by atoms with van der Waals surface area (Å²) in [7, 11) is 2.05. The Balaban J connectivity index is 1.60. The summed E-state index contributed by atoms with van der Waals surface area (Å²) in [6.45, 7) is 2.07. The van der Waals surface area contributed by atoms with Crippen LogP contribution in [0.4, 0.5) is 0 Å². The van der Waals surface area contributed by atoms with Crippen molar-refractivity contribution in [2.24, 2.45) is 12.1 Å². The monoisotopic (exact) mass is 393 g/mol. The summed E-state index contributed by atoms with van der Waals surface area (Å²) in [5, 5.41) is 7.69. The molecule has 4 nitrogen and oxygen atoms in total. The molecule has 4 aromatic rings. The summed E-state index contributed by atoms with van der Waals surface area (Å²) in [6.07, 6.45) is 2.81. The summed E-state index contributed by atoms with van der Waals surface area (Å²) < 4.78 is 2.12. The lowest BCUT2D eigenvalue weighted by Gasteiger charge is -2.22. The molecule has 2 heterocycles. The van der Waals surface area contributed by atoms with Crippen LogP contribution in [0.3, 0.4) is 0 Å². The molecular formula is C26H23N3O. The zero-order valence-electron chi connectivity index (χ0n) is 17.1. The van der Waals surface area contributed by atoms with Crippen molar-refractivity contribution in [2.45, 2.75) is 19.4 Å². The average Bonchev–Trinajstić information content (AvgIpc) is 3.36. The standard InChI is InChI=1S/C26H23N3O/c1-18-12-14-19(15-13-18)25-16-23(22-17-28(2)24-11-7-6-10-21(22)24)27-29(25)26(30)20-8-4-3-5-9-20/h3-15,17,25H,16H2,1-2H3. The number of fused-ring (bicyclic) bond motifs is 1. The Morgan fingerprint density at radius 3 is 2.40 bits per heavy atom. The van der Waals surface area contributed by atoms with Crippen molar-refractivity contribution in [3.63, 3.8) is 0 Å². The van der Waals surface area contributed by atoms with Crippen LogP contribution in [0.25, 0.3) is 10.9 Å². The Kier molecular flexibility index (Phi) is 4.47. The Morgan fingerprint density at radius 2 is 1.63 bits per heavy atom. The normalized spacial score (nSPS) is 16.1. The lowest BCUT2D eigenvalue weighted by molar-refractivity contribution is 0.0711. The third kappa shape index (κ3) is 3.11. The fourth-order valence-electron chi connectivity index (χ4n) is 4.19. The molecule has 1 aromatic heterocycles. The molecule has 0 saturated carbocycles. The predicted molar refractivity (Wildman–Crippen MR) is 121 cm³/mol. The van der Waals surface area contributed by atoms with Crippen LogP contribution in [0.2, 0.25) is 0 Å². The van der Waals surface area contributed by atoms with Gasteiger partial charge in [-0.3, -0.25) is 4.79 Å². The highest BCUT2D eigenvalue weighted by molar-refractivity contribution is 6.12. The summed E-state index contributed by atoms with van der Waals surface area (Å²) in [5.41, 5.74) is 6.15. The fraction of sp³-hybridized carbons (Fsp3) is 0.154. The molecule has 0 aliphatic carbocycles. The molecule has 0 spiro atoms. The van der Waals surface area contributed by atoms with Crippen molar-refractivity contribution in [3.8, 4) is 0 Å². The van der Waals surface area contributed by atoms with Gasteiger partial charge < -0.3 is 4.57 Å². The van der Waals surface area contributed by atoms with Crippen molar-refractivity contribution < 1.29 is 4.79 Å². The van der Waals surface area contributed by atoms with Crippen molar-refractivity contribution in [2.75, 3.05) is 0 Å². The van der Waals surface area contributed by atoms with Gasteiger partial charge in [-0.25, -0.2) is 5.01 Å². The maximum atomic E-state index is 13.4. The molecule has 1 aliphatic heterocycles. The molecule has 1 atom stereocenters. The Labute approximate surface area is 176 Å². The summed E-state index contributed by atoms with van der Waals surface area (Å²) in [5.74, 6) is -0.0728. The minimum absolute atomic E-state index is 0.0728. The number of hydrogen-bond donors (Lipinski definition) is 0. The molecule has 0 fully saturated rings. The van der Waals surface area contributed by atoms with Gasteiger partial charge in [-0.05, 0) is 30.7 Å². The largest absolute Gasteiger partial charge is 0.350 e. The first-order valence-electron chi connectivity index (χ1n) is 10.2. The quantitative estimate of drug-likeness (QED) is 0.454. The molecule has 30 heavy (non-hydrogen) atoms. The van der Waals surface area contributed by atoms with E-state index in [9.17, 15) is 4.79 Å². The van der Waals surface area contributed by atoms with Crippen LogP contribution in [0, 0.1) is 6.92 Å². The molecule has 0 N–H and O–H groups in total. The van der Waals surface area contributed by atoms with E-state index >= 15 is 0 Å². The van der Waals surface area contributed by atoms with Gasteiger partial charge in [-0.15, -0.1) is 0 Å². The number of nitrogens with zero attached hydrogens (tertiary/aromatic N) is 3. The number of carbonyl (C=O) groups is 1. The molecule has 1 amide bonds. The lowest BCUT2D eigenvalue weighted by atomic mass is 9.97. The zero-order chi connectivity index (χ0) is 20.7. The van der Waals surface area contributed by atoms with Gasteiger partial charge >= 0.3 is 0 Å². The average molecular weight is 393 g/mol. The van der Waals surface area contributed by atoms with E-state index in [0.717, 1.165) is 27.7 Å². The fourth-order valence-corrected chi connectivity index (χ4v) is 4.19. The van der Waals surface area contributed by atoms with E-state index in [0.29, 0.717) is 12.0 Å². The van der Waals surface area contributed by atoms with Gasteiger partial charge in [-0.1, -0.05) is 66.2 Å². The van der Waals surface area contributed by atoms with Crippen LogP contribution >= 0.6 is 0 Å². The van der Waals surface area contributed by atoms with Crippen LogP contribution in [-0.4, -0.2) is 21.2 Å². The molecule has 1 unspecified atom stereocenters.